The summed E-state index contributed by atoms with van der Waals surface area (Å²) < 4.78 is 32.1. The molecule has 1 heterocycles. The minimum absolute atomic E-state index is 0.150. The lowest BCUT2D eigenvalue weighted by atomic mass is 9.97. The molecule has 1 aliphatic rings. The fraction of sp³-hybridized carbons (Fsp3) is 0.438. The van der Waals surface area contributed by atoms with Crippen LogP contribution in [0.4, 0.5) is 0 Å². The van der Waals surface area contributed by atoms with Crippen molar-refractivity contribution in [3.05, 3.63) is 41.6 Å². The average molecular weight is 320 g/mol. The summed E-state index contributed by atoms with van der Waals surface area (Å²) in [6.45, 7) is 0.448. The van der Waals surface area contributed by atoms with Crippen LogP contribution >= 0.6 is 0 Å². The first-order valence-corrected chi connectivity index (χ1v) is 9.28. The quantitative estimate of drug-likeness (QED) is 0.830. The van der Waals surface area contributed by atoms with Gasteiger partial charge in [-0.3, -0.25) is 0 Å². The molecule has 0 radical (unpaired) electrons. The lowest BCUT2D eigenvalue weighted by Gasteiger charge is -2.12. The van der Waals surface area contributed by atoms with Crippen LogP contribution in [-0.2, 0) is 15.8 Å². The van der Waals surface area contributed by atoms with Gasteiger partial charge in [0.15, 0.2) is 5.58 Å². The second-order valence-electron chi connectivity index (χ2n) is 5.64. The topological polar surface area (TPSA) is 72.2 Å². The minimum Gasteiger partial charge on any atom is -0.356 e. The highest BCUT2D eigenvalue weighted by Gasteiger charge is 2.17. The molecule has 5 nitrogen and oxygen atoms in total. The van der Waals surface area contributed by atoms with Crippen molar-refractivity contribution in [1.82, 2.24) is 9.88 Å². The van der Waals surface area contributed by atoms with Gasteiger partial charge in [-0.25, -0.2) is 13.1 Å². The number of aromatic nitrogens is 1. The molecule has 0 spiro atoms. The van der Waals surface area contributed by atoms with Crippen LogP contribution in [0.3, 0.4) is 0 Å². The number of nitrogens with zero attached hydrogens (tertiary/aromatic N) is 1. The van der Waals surface area contributed by atoms with Crippen LogP contribution < -0.4 is 4.72 Å². The molecule has 6 heteroatoms. The summed E-state index contributed by atoms with van der Waals surface area (Å²) in [6.07, 6.45) is 7.70. The van der Waals surface area contributed by atoms with Gasteiger partial charge in [0.25, 0.3) is 0 Å². The van der Waals surface area contributed by atoms with E-state index in [4.69, 9.17) is 4.52 Å². The predicted molar refractivity (Wildman–Crippen MR) is 85.8 cm³/mol. The van der Waals surface area contributed by atoms with Crippen LogP contribution in [0.1, 0.15) is 37.8 Å². The third-order valence-electron chi connectivity index (χ3n) is 3.93. The van der Waals surface area contributed by atoms with Crippen LogP contribution in [0.5, 0.6) is 0 Å². The zero-order chi connectivity index (χ0) is 15.4. The van der Waals surface area contributed by atoms with Crippen molar-refractivity contribution in [2.24, 2.45) is 0 Å². The van der Waals surface area contributed by atoms with Crippen molar-refractivity contribution in [3.8, 4) is 0 Å². The zero-order valence-corrected chi connectivity index (χ0v) is 13.2. The number of sulfonamides is 1. The van der Waals surface area contributed by atoms with Crippen LogP contribution in [0.15, 0.2) is 40.4 Å². The van der Waals surface area contributed by atoms with E-state index in [9.17, 15) is 8.42 Å². The highest BCUT2D eigenvalue weighted by molar-refractivity contribution is 7.88. The molecule has 0 atom stereocenters. The van der Waals surface area contributed by atoms with Gasteiger partial charge in [0.2, 0.25) is 10.0 Å². The highest BCUT2D eigenvalue weighted by Crippen LogP contribution is 2.21. The Labute approximate surface area is 130 Å². The molecule has 0 saturated carbocycles. The molecule has 0 amide bonds. The summed E-state index contributed by atoms with van der Waals surface area (Å²) in [7, 11) is -3.40. The van der Waals surface area contributed by atoms with E-state index in [2.05, 4.69) is 16.0 Å². The Morgan fingerprint density at radius 3 is 2.91 bits per heavy atom. The first-order chi connectivity index (χ1) is 10.6. The number of rotatable bonds is 6. The third-order valence-corrected chi connectivity index (χ3v) is 5.23. The van der Waals surface area contributed by atoms with Crippen molar-refractivity contribution in [3.63, 3.8) is 0 Å². The van der Waals surface area contributed by atoms with E-state index in [0.29, 0.717) is 17.8 Å². The monoisotopic (exact) mass is 320 g/mol. The molecule has 0 saturated heterocycles. The SMILES string of the molecule is O=S(=O)(Cc1noc2ccccc12)NCCC1=CCCCC1. The Bertz CT molecular complexity index is 778. The summed E-state index contributed by atoms with van der Waals surface area (Å²) in [5, 5.41) is 4.63. The van der Waals surface area contributed by atoms with Gasteiger partial charge in [0.05, 0.1) is 0 Å². The number of benzene rings is 1. The summed E-state index contributed by atoms with van der Waals surface area (Å²) in [5.41, 5.74) is 2.43. The van der Waals surface area contributed by atoms with Gasteiger partial charge in [-0.05, 0) is 44.2 Å². The van der Waals surface area contributed by atoms with Crippen LogP contribution in [-0.4, -0.2) is 20.1 Å². The molecule has 118 valence electrons. The van der Waals surface area contributed by atoms with E-state index >= 15 is 0 Å². The number of nitrogens with one attached hydrogen (secondary N) is 1. The number of hydrogen-bond donors (Lipinski definition) is 1. The van der Waals surface area contributed by atoms with Crippen molar-refractivity contribution < 1.29 is 12.9 Å². The lowest BCUT2D eigenvalue weighted by Crippen LogP contribution is -2.26. The molecule has 0 bridgehead atoms. The number of fused-ring (bicyclic) bond motifs is 1. The van der Waals surface area contributed by atoms with Gasteiger partial charge >= 0.3 is 0 Å². The molecule has 3 rings (SSSR count). The lowest BCUT2D eigenvalue weighted by molar-refractivity contribution is 0.448. The maximum atomic E-state index is 12.2. The van der Waals surface area contributed by atoms with Crippen molar-refractivity contribution in [1.29, 1.82) is 0 Å². The van der Waals surface area contributed by atoms with Gasteiger partial charge < -0.3 is 4.52 Å². The first kappa shape index (κ1) is 15.2. The van der Waals surface area contributed by atoms with Gasteiger partial charge in [0, 0.05) is 11.9 Å². The van der Waals surface area contributed by atoms with E-state index in [1.807, 2.05) is 18.2 Å². The molecule has 0 aliphatic heterocycles. The summed E-state index contributed by atoms with van der Waals surface area (Å²) >= 11 is 0. The predicted octanol–water partition coefficient (Wildman–Crippen LogP) is 3.14. The molecule has 2 aromatic rings. The number of para-hydroxylation sites is 1. The van der Waals surface area contributed by atoms with Crippen molar-refractivity contribution in [2.45, 2.75) is 37.9 Å². The molecule has 1 aromatic carbocycles. The molecular weight excluding hydrogens is 300 g/mol. The van der Waals surface area contributed by atoms with Gasteiger partial charge in [0.1, 0.15) is 11.4 Å². The number of allylic oxidation sites excluding steroid dienone is 1. The molecule has 1 aromatic heterocycles. The van der Waals surface area contributed by atoms with E-state index < -0.39 is 10.0 Å². The zero-order valence-electron chi connectivity index (χ0n) is 12.4. The molecule has 1 aliphatic carbocycles. The Hall–Kier alpha value is -1.66. The number of hydrogen-bond acceptors (Lipinski definition) is 4. The van der Waals surface area contributed by atoms with Gasteiger partial charge in [-0.2, -0.15) is 0 Å². The molecule has 0 fully saturated rings. The second-order valence-corrected chi connectivity index (χ2v) is 7.44. The smallest absolute Gasteiger partial charge is 0.217 e. The first-order valence-electron chi connectivity index (χ1n) is 7.62. The van der Waals surface area contributed by atoms with Crippen molar-refractivity contribution >= 4 is 21.0 Å². The second kappa shape index (κ2) is 6.62. The Balaban J connectivity index is 1.60. The van der Waals surface area contributed by atoms with Gasteiger partial charge in [-0.15, -0.1) is 0 Å². The molecular formula is C16H20N2O3S. The average Bonchev–Trinajstić information content (AvgIpc) is 2.91. The summed E-state index contributed by atoms with van der Waals surface area (Å²) in [5.74, 6) is -0.150. The van der Waals surface area contributed by atoms with Gasteiger partial charge in [-0.1, -0.05) is 28.9 Å². The largest absolute Gasteiger partial charge is 0.356 e. The fourth-order valence-electron chi connectivity index (χ4n) is 2.77. The summed E-state index contributed by atoms with van der Waals surface area (Å²) in [4.78, 5) is 0. The molecule has 22 heavy (non-hydrogen) atoms. The third kappa shape index (κ3) is 3.75. The molecule has 0 unspecified atom stereocenters. The van der Waals surface area contributed by atoms with E-state index in [-0.39, 0.29) is 5.75 Å². The standard InChI is InChI=1S/C16H20N2O3S/c19-22(20,17-11-10-13-6-2-1-3-7-13)12-15-14-8-4-5-9-16(14)21-18-15/h4-6,8-9,17H,1-3,7,10-12H2. The van der Waals surface area contributed by atoms with Crippen LogP contribution in [0, 0.1) is 0 Å². The Kier molecular flexibility index (Phi) is 4.59. The Morgan fingerprint density at radius 2 is 2.09 bits per heavy atom. The molecule has 1 N–H and O–H groups in total. The van der Waals surface area contributed by atoms with E-state index in [0.717, 1.165) is 24.6 Å². The van der Waals surface area contributed by atoms with E-state index in [1.54, 1.807) is 6.07 Å². The highest BCUT2D eigenvalue weighted by atomic mass is 32.2. The normalized spacial score (nSPS) is 15.9. The minimum atomic E-state index is -3.40. The Morgan fingerprint density at radius 1 is 1.23 bits per heavy atom. The maximum Gasteiger partial charge on any atom is 0.217 e. The van der Waals surface area contributed by atoms with E-state index in [1.165, 1.54) is 18.4 Å². The van der Waals surface area contributed by atoms with Crippen molar-refractivity contribution in [2.75, 3.05) is 6.54 Å². The summed E-state index contributed by atoms with van der Waals surface area (Å²) in [6, 6.07) is 7.28. The van der Waals surface area contributed by atoms with Crippen LogP contribution in [0.2, 0.25) is 0 Å². The van der Waals surface area contributed by atoms with Crippen LogP contribution in [0.25, 0.3) is 11.0 Å². The fourth-order valence-corrected chi connectivity index (χ4v) is 3.86. The maximum absolute atomic E-state index is 12.2.